The van der Waals surface area contributed by atoms with Gasteiger partial charge in [-0.1, -0.05) is 53.9 Å². The molecule has 27 heavy (non-hydrogen) atoms. The van der Waals surface area contributed by atoms with Crippen molar-refractivity contribution in [3.8, 4) is 0 Å². The van der Waals surface area contributed by atoms with Crippen LogP contribution in [0.25, 0.3) is 0 Å². The van der Waals surface area contributed by atoms with Crippen LogP contribution in [0.5, 0.6) is 0 Å². The highest BCUT2D eigenvalue weighted by atomic mass is 19.2. The van der Waals surface area contributed by atoms with Gasteiger partial charge in [0.25, 0.3) is 0 Å². The molecule has 0 aliphatic heterocycles. The fourth-order valence-electron chi connectivity index (χ4n) is 4.80. The second-order valence-corrected chi connectivity index (χ2v) is 7.60. The summed E-state index contributed by atoms with van der Waals surface area (Å²) in [4.78, 5) is 0. The van der Waals surface area contributed by atoms with Crippen LogP contribution >= 0.6 is 0 Å². The van der Waals surface area contributed by atoms with E-state index in [0.29, 0.717) is 5.56 Å². The lowest BCUT2D eigenvalue weighted by Crippen LogP contribution is -2.25. The van der Waals surface area contributed by atoms with Crippen molar-refractivity contribution in [3.05, 3.63) is 35.1 Å². The zero-order chi connectivity index (χ0) is 20.4. The van der Waals surface area contributed by atoms with Gasteiger partial charge >= 0.3 is 0 Å². The third kappa shape index (κ3) is 6.54. The Balaban J connectivity index is 0.000000855. The molecule has 2 aliphatic rings. The average molecular weight is 385 g/mol. The molecule has 3 rings (SSSR count). The molecule has 1 aromatic rings. The summed E-state index contributed by atoms with van der Waals surface area (Å²) in [6.07, 6.45) is 11.0. The Hall–Kier alpha value is -0.990. The van der Waals surface area contributed by atoms with Crippen LogP contribution in [0.2, 0.25) is 0 Å². The summed E-state index contributed by atoms with van der Waals surface area (Å²) in [5.74, 6) is -0.731. The molecule has 0 amide bonds. The lowest BCUT2D eigenvalue weighted by molar-refractivity contribution is 0.158. The predicted octanol–water partition coefficient (Wildman–Crippen LogP) is 8.65. The van der Waals surface area contributed by atoms with Gasteiger partial charge in [0.05, 0.1) is 0 Å². The molecule has 0 heterocycles. The SMILES string of the molecule is CC.CC.CCC1CCC(C2CCC(c3cc(F)c(F)c(F)c3)CC2)CC1. The van der Waals surface area contributed by atoms with Gasteiger partial charge < -0.3 is 0 Å². The van der Waals surface area contributed by atoms with Crippen molar-refractivity contribution in [2.24, 2.45) is 17.8 Å². The van der Waals surface area contributed by atoms with Crippen molar-refractivity contribution >= 4 is 0 Å². The second-order valence-electron chi connectivity index (χ2n) is 7.60. The van der Waals surface area contributed by atoms with Crippen molar-refractivity contribution in [3.63, 3.8) is 0 Å². The zero-order valence-corrected chi connectivity index (χ0v) is 18.0. The molecule has 0 spiro atoms. The highest BCUT2D eigenvalue weighted by Crippen LogP contribution is 2.44. The maximum atomic E-state index is 13.4. The van der Waals surface area contributed by atoms with E-state index >= 15 is 0 Å². The monoisotopic (exact) mass is 384 g/mol. The molecule has 2 fully saturated rings. The number of rotatable bonds is 3. The van der Waals surface area contributed by atoms with Gasteiger partial charge in [-0.15, -0.1) is 0 Å². The minimum absolute atomic E-state index is 0.183. The summed E-state index contributed by atoms with van der Waals surface area (Å²) in [6.45, 7) is 10.3. The van der Waals surface area contributed by atoms with Gasteiger partial charge in [0.2, 0.25) is 0 Å². The van der Waals surface area contributed by atoms with Crippen LogP contribution in [0.15, 0.2) is 12.1 Å². The van der Waals surface area contributed by atoms with Gasteiger partial charge in [-0.05, 0) is 79.9 Å². The molecule has 0 aromatic heterocycles. The molecular formula is C24H39F3. The van der Waals surface area contributed by atoms with Crippen LogP contribution in [0.3, 0.4) is 0 Å². The molecule has 0 atom stereocenters. The number of halogens is 3. The minimum Gasteiger partial charge on any atom is -0.204 e. The quantitative estimate of drug-likeness (QED) is 0.457. The fraction of sp³-hybridized carbons (Fsp3) is 0.750. The summed E-state index contributed by atoms with van der Waals surface area (Å²) >= 11 is 0. The standard InChI is InChI=1S/C20H27F3.2C2H6/c1-2-13-3-5-14(6-4-13)15-7-9-16(10-8-15)17-11-18(21)20(23)19(22)12-17;2*1-2/h11-16H,2-10H2,1H3;2*1-2H3. The normalized spacial score (nSPS) is 27.7. The Bertz CT molecular complexity index is 501. The largest absolute Gasteiger partial charge is 0.204 e. The van der Waals surface area contributed by atoms with E-state index in [4.69, 9.17) is 0 Å². The molecule has 156 valence electrons. The van der Waals surface area contributed by atoms with Crippen LogP contribution in [0.1, 0.15) is 104 Å². The van der Waals surface area contributed by atoms with E-state index in [1.165, 1.54) is 44.2 Å². The second kappa shape index (κ2) is 12.5. The average Bonchev–Trinajstić information content (AvgIpc) is 2.75. The molecule has 3 heteroatoms. The maximum absolute atomic E-state index is 13.4. The highest BCUT2D eigenvalue weighted by molar-refractivity contribution is 5.23. The summed E-state index contributed by atoms with van der Waals surface area (Å²) < 4.78 is 39.9. The molecule has 0 unspecified atom stereocenters. The first kappa shape index (κ1) is 24.0. The molecule has 2 saturated carbocycles. The molecule has 1 aromatic carbocycles. The van der Waals surface area contributed by atoms with E-state index in [9.17, 15) is 13.2 Å². The summed E-state index contributed by atoms with van der Waals surface area (Å²) in [5.41, 5.74) is 0.634. The van der Waals surface area contributed by atoms with Gasteiger partial charge in [0, 0.05) is 0 Å². The van der Waals surface area contributed by atoms with E-state index < -0.39 is 17.5 Å². The van der Waals surface area contributed by atoms with Crippen molar-refractivity contribution in [2.75, 3.05) is 0 Å². The predicted molar refractivity (Wildman–Crippen MR) is 109 cm³/mol. The fourth-order valence-corrected chi connectivity index (χ4v) is 4.80. The Labute approximate surface area is 164 Å². The third-order valence-corrected chi connectivity index (χ3v) is 6.38. The lowest BCUT2D eigenvalue weighted by Gasteiger charge is -2.38. The summed E-state index contributed by atoms with van der Waals surface area (Å²) in [5, 5.41) is 0. The zero-order valence-electron chi connectivity index (χ0n) is 18.0. The maximum Gasteiger partial charge on any atom is 0.194 e. The Morgan fingerprint density at radius 2 is 1.11 bits per heavy atom. The third-order valence-electron chi connectivity index (χ3n) is 6.38. The number of hydrogen-bond donors (Lipinski definition) is 0. The molecule has 0 nitrogen and oxygen atoms in total. The molecule has 0 saturated heterocycles. The van der Waals surface area contributed by atoms with Gasteiger partial charge in [-0.3, -0.25) is 0 Å². The first-order valence-electron chi connectivity index (χ1n) is 11.2. The van der Waals surface area contributed by atoms with Crippen LogP contribution in [-0.2, 0) is 0 Å². The van der Waals surface area contributed by atoms with E-state index in [1.807, 2.05) is 27.7 Å². The van der Waals surface area contributed by atoms with Gasteiger partial charge in [-0.2, -0.15) is 0 Å². The number of hydrogen-bond acceptors (Lipinski definition) is 0. The van der Waals surface area contributed by atoms with Crippen LogP contribution < -0.4 is 0 Å². The highest BCUT2D eigenvalue weighted by Gasteiger charge is 2.31. The first-order valence-corrected chi connectivity index (χ1v) is 11.2. The minimum atomic E-state index is -1.35. The van der Waals surface area contributed by atoms with Crippen LogP contribution in [0, 0.1) is 35.2 Å². The van der Waals surface area contributed by atoms with Crippen molar-refractivity contribution < 1.29 is 13.2 Å². The van der Waals surface area contributed by atoms with E-state index in [0.717, 1.165) is 43.4 Å². The molecule has 0 radical (unpaired) electrons. The molecular weight excluding hydrogens is 345 g/mol. The van der Waals surface area contributed by atoms with E-state index in [1.54, 1.807) is 0 Å². The van der Waals surface area contributed by atoms with Crippen molar-refractivity contribution in [1.82, 2.24) is 0 Å². The van der Waals surface area contributed by atoms with Crippen molar-refractivity contribution in [1.29, 1.82) is 0 Å². The van der Waals surface area contributed by atoms with Crippen LogP contribution in [-0.4, -0.2) is 0 Å². The first-order chi connectivity index (χ1) is 13.1. The topological polar surface area (TPSA) is 0 Å². The van der Waals surface area contributed by atoms with Gasteiger partial charge in [0.1, 0.15) is 0 Å². The molecule has 2 aliphatic carbocycles. The molecule has 0 N–H and O–H groups in total. The Morgan fingerprint density at radius 3 is 1.52 bits per heavy atom. The van der Waals surface area contributed by atoms with E-state index in [-0.39, 0.29) is 5.92 Å². The summed E-state index contributed by atoms with van der Waals surface area (Å²) in [6, 6.07) is 2.38. The lowest BCUT2D eigenvalue weighted by atomic mass is 9.68. The van der Waals surface area contributed by atoms with Crippen molar-refractivity contribution in [2.45, 2.75) is 98.3 Å². The Kier molecular flexibility index (Phi) is 11.1. The van der Waals surface area contributed by atoms with Gasteiger partial charge in [-0.25, -0.2) is 13.2 Å². The van der Waals surface area contributed by atoms with Gasteiger partial charge in [0.15, 0.2) is 17.5 Å². The molecule has 0 bridgehead atoms. The smallest absolute Gasteiger partial charge is 0.194 e. The van der Waals surface area contributed by atoms with Crippen LogP contribution in [0.4, 0.5) is 13.2 Å². The van der Waals surface area contributed by atoms with E-state index in [2.05, 4.69) is 6.92 Å². The number of benzene rings is 1. The summed E-state index contributed by atoms with van der Waals surface area (Å²) in [7, 11) is 0. The Morgan fingerprint density at radius 1 is 0.704 bits per heavy atom.